The molecule has 94 valence electrons. The summed E-state index contributed by atoms with van der Waals surface area (Å²) in [7, 11) is 0. The molecule has 0 fully saturated rings. The number of nitrogens with two attached hydrogens (primary N) is 1. The van der Waals surface area contributed by atoms with Crippen molar-refractivity contribution in [1.29, 1.82) is 0 Å². The molecule has 0 spiro atoms. The Balaban J connectivity index is 1.89. The highest BCUT2D eigenvalue weighted by atomic mass is 16.3. The summed E-state index contributed by atoms with van der Waals surface area (Å²) >= 11 is 0. The van der Waals surface area contributed by atoms with E-state index in [1.54, 1.807) is 0 Å². The number of quaternary nitrogens is 1. The molecule has 0 heterocycles. The number of hydrogen-bond acceptors (Lipinski definition) is 1. The van der Waals surface area contributed by atoms with Gasteiger partial charge < -0.3 is 10.4 Å². The lowest BCUT2D eigenvalue weighted by Crippen LogP contribution is -2.85. The first-order chi connectivity index (χ1) is 8.77. The van der Waals surface area contributed by atoms with Crippen LogP contribution in [0.25, 0.3) is 0 Å². The van der Waals surface area contributed by atoms with Crippen LogP contribution >= 0.6 is 0 Å². The SMILES string of the molecule is C[C@H]([NH2+]C[C@@H](O)c1ccccc1)c1ccccc1. The van der Waals surface area contributed by atoms with Gasteiger partial charge in [0.15, 0.2) is 0 Å². The van der Waals surface area contributed by atoms with Gasteiger partial charge in [-0.1, -0.05) is 60.7 Å². The van der Waals surface area contributed by atoms with Crippen LogP contribution in [0.4, 0.5) is 0 Å². The molecule has 0 saturated heterocycles. The molecule has 0 aliphatic carbocycles. The number of aliphatic hydroxyl groups excluding tert-OH is 1. The fourth-order valence-electron chi connectivity index (χ4n) is 2.04. The second-order valence-corrected chi connectivity index (χ2v) is 4.60. The van der Waals surface area contributed by atoms with Gasteiger partial charge in [0.05, 0.1) is 0 Å². The molecule has 0 saturated carbocycles. The molecule has 0 aliphatic heterocycles. The molecule has 2 heteroatoms. The predicted molar refractivity (Wildman–Crippen MR) is 73.1 cm³/mol. The molecule has 0 unspecified atom stereocenters. The van der Waals surface area contributed by atoms with Crippen molar-refractivity contribution in [2.24, 2.45) is 0 Å². The minimum absolute atomic E-state index is 0.365. The zero-order chi connectivity index (χ0) is 12.8. The van der Waals surface area contributed by atoms with Crippen LogP contribution in [0.5, 0.6) is 0 Å². The van der Waals surface area contributed by atoms with Gasteiger partial charge in [-0.3, -0.25) is 0 Å². The van der Waals surface area contributed by atoms with Crippen LogP contribution in [-0.2, 0) is 0 Å². The van der Waals surface area contributed by atoms with Crippen LogP contribution < -0.4 is 5.32 Å². The molecule has 0 aliphatic rings. The van der Waals surface area contributed by atoms with Gasteiger partial charge in [0.1, 0.15) is 18.7 Å². The maximum Gasteiger partial charge on any atom is 0.128 e. The lowest BCUT2D eigenvalue weighted by atomic mass is 10.1. The van der Waals surface area contributed by atoms with E-state index in [4.69, 9.17) is 0 Å². The number of rotatable bonds is 5. The van der Waals surface area contributed by atoms with E-state index < -0.39 is 6.10 Å². The van der Waals surface area contributed by atoms with E-state index in [9.17, 15) is 5.11 Å². The van der Waals surface area contributed by atoms with E-state index in [0.29, 0.717) is 12.6 Å². The summed E-state index contributed by atoms with van der Waals surface area (Å²) in [5.41, 5.74) is 2.27. The standard InChI is InChI=1S/C16H19NO/c1-13(14-8-4-2-5-9-14)17-12-16(18)15-10-6-3-7-11-15/h2-11,13,16-18H,12H2,1H3/p+1/t13-,16+/m0/s1. The van der Waals surface area contributed by atoms with Crippen molar-refractivity contribution in [2.45, 2.75) is 19.1 Å². The molecule has 0 amide bonds. The van der Waals surface area contributed by atoms with Crippen molar-refractivity contribution >= 4 is 0 Å². The van der Waals surface area contributed by atoms with Crippen molar-refractivity contribution in [3.63, 3.8) is 0 Å². The largest absolute Gasteiger partial charge is 0.382 e. The Morgan fingerprint density at radius 1 is 0.889 bits per heavy atom. The Morgan fingerprint density at radius 2 is 1.39 bits per heavy atom. The topological polar surface area (TPSA) is 36.8 Å². The number of benzene rings is 2. The molecule has 2 aromatic carbocycles. The molecule has 2 aromatic rings. The predicted octanol–water partition coefficient (Wildman–Crippen LogP) is 2.04. The summed E-state index contributed by atoms with van der Waals surface area (Å²) in [6, 6.07) is 20.5. The summed E-state index contributed by atoms with van der Waals surface area (Å²) in [5.74, 6) is 0. The van der Waals surface area contributed by atoms with Gasteiger partial charge >= 0.3 is 0 Å². The van der Waals surface area contributed by atoms with Gasteiger partial charge in [-0.25, -0.2) is 0 Å². The fourth-order valence-corrected chi connectivity index (χ4v) is 2.04. The van der Waals surface area contributed by atoms with Gasteiger partial charge in [-0.2, -0.15) is 0 Å². The number of aliphatic hydroxyl groups is 1. The van der Waals surface area contributed by atoms with Crippen LogP contribution in [0.1, 0.15) is 30.2 Å². The van der Waals surface area contributed by atoms with Crippen molar-refractivity contribution in [3.05, 3.63) is 71.8 Å². The highest BCUT2D eigenvalue weighted by Crippen LogP contribution is 2.11. The van der Waals surface area contributed by atoms with E-state index in [1.807, 2.05) is 48.5 Å². The minimum atomic E-state index is -0.405. The zero-order valence-electron chi connectivity index (χ0n) is 10.7. The quantitative estimate of drug-likeness (QED) is 0.827. The van der Waals surface area contributed by atoms with Crippen LogP contribution in [-0.4, -0.2) is 11.7 Å². The highest BCUT2D eigenvalue weighted by molar-refractivity contribution is 5.18. The summed E-state index contributed by atoms with van der Waals surface area (Å²) < 4.78 is 0. The molecule has 2 atom stereocenters. The second kappa shape index (κ2) is 6.34. The van der Waals surface area contributed by atoms with E-state index in [0.717, 1.165) is 5.56 Å². The third-order valence-corrected chi connectivity index (χ3v) is 3.22. The van der Waals surface area contributed by atoms with E-state index >= 15 is 0 Å². The maximum atomic E-state index is 10.1. The molecule has 2 nitrogen and oxygen atoms in total. The van der Waals surface area contributed by atoms with Crippen LogP contribution in [0, 0.1) is 0 Å². The summed E-state index contributed by atoms with van der Waals surface area (Å²) in [6.45, 7) is 2.84. The Morgan fingerprint density at radius 3 is 1.94 bits per heavy atom. The van der Waals surface area contributed by atoms with Crippen molar-refractivity contribution < 1.29 is 10.4 Å². The van der Waals surface area contributed by atoms with Gasteiger partial charge in [0.25, 0.3) is 0 Å². The Bertz CT molecular complexity index is 410. The molecule has 3 N–H and O–H groups in total. The first-order valence-corrected chi connectivity index (χ1v) is 6.38. The number of hydrogen-bond donors (Lipinski definition) is 2. The molecule has 18 heavy (non-hydrogen) atoms. The third kappa shape index (κ3) is 3.42. The smallest absolute Gasteiger partial charge is 0.128 e. The lowest BCUT2D eigenvalue weighted by Gasteiger charge is -2.14. The van der Waals surface area contributed by atoms with Gasteiger partial charge in [0.2, 0.25) is 0 Å². The first kappa shape index (κ1) is 12.8. The van der Waals surface area contributed by atoms with Crippen molar-refractivity contribution in [3.8, 4) is 0 Å². The summed E-state index contributed by atoms with van der Waals surface area (Å²) in [5, 5.41) is 12.3. The third-order valence-electron chi connectivity index (χ3n) is 3.22. The van der Waals surface area contributed by atoms with Gasteiger partial charge in [-0.15, -0.1) is 0 Å². The molecular formula is C16H20NO+. The lowest BCUT2D eigenvalue weighted by molar-refractivity contribution is -0.699. The Labute approximate surface area is 108 Å². The second-order valence-electron chi connectivity index (χ2n) is 4.60. The van der Waals surface area contributed by atoms with E-state index in [-0.39, 0.29) is 0 Å². The fraction of sp³-hybridized carbons (Fsp3) is 0.250. The van der Waals surface area contributed by atoms with Crippen molar-refractivity contribution in [2.75, 3.05) is 6.54 Å². The molecule has 0 aromatic heterocycles. The van der Waals surface area contributed by atoms with Crippen LogP contribution in [0.2, 0.25) is 0 Å². The average molecular weight is 242 g/mol. The molecule has 0 bridgehead atoms. The Hall–Kier alpha value is -1.64. The summed E-state index contributed by atoms with van der Waals surface area (Å²) in [4.78, 5) is 0. The maximum absolute atomic E-state index is 10.1. The van der Waals surface area contributed by atoms with E-state index in [1.165, 1.54) is 5.56 Å². The summed E-state index contributed by atoms with van der Waals surface area (Å²) in [6.07, 6.45) is -0.405. The molecule has 2 rings (SSSR count). The van der Waals surface area contributed by atoms with E-state index in [2.05, 4.69) is 24.4 Å². The highest BCUT2D eigenvalue weighted by Gasteiger charge is 2.13. The zero-order valence-corrected chi connectivity index (χ0v) is 10.7. The average Bonchev–Trinajstić information content (AvgIpc) is 2.46. The van der Waals surface area contributed by atoms with Crippen LogP contribution in [0.15, 0.2) is 60.7 Å². The Kier molecular flexibility index (Phi) is 4.51. The van der Waals surface area contributed by atoms with Crippen molar-refractivity contribution in [1.82, 2.24) is 0 Å². The molecule has 0 radical (unpaired) electrons. The molecular weight excluding hydrogens is 222 g/mol. The first-order valence-electron chi connectivity index (χ1n) is 6.38. The minimum Gasteiger partial charge on any atom is -0.382 e. The monoisotopic (exact) mass is 242 g/mol. The van der Waals surface area contributed by atoms with Gasteiger partial charge in [0, 0.05) is 5.56 Å². The van der Waals surface area contributed by atoms with Gasteiger partial charge in [-0.05, 0) is 12.5 Å². The van der Waals surface area contributed by atoms with Crippen LogP contribution in [0.3, 0.4) is 0 Å². The normalized spacial score (nSPS) is 14.1.